The number of nitrogens with zero attached hydrogens (tertiary/aromatic N) is 2. The van der Waals surface area contributed by atoms with E-state index in [1.807, 2.05) is 0 Å². The smallest absolute Gasteiger partial charge is 0.255 e. The van der Waals surface area contributed by atoms with E-state index < -0.39 is 26.0 Å². The van der Waals surface area contributed by atoms with Gasteiger partial charge in [0, 0.05) is 32.7 Å². The van der Waals surface area contributed by atoms with E-state index in [-0.39, 0.29) is 39.9 Å². The zero-order chi connectivity index (χ0) is 24.4. The average Bonchev–Trinajstić information content (AvgIpc) is 2.79. The first-order valence-electron chi connectivity index (χ1n) is 10.1. The summed E-state index contributed by atoms with van der Waals surface area (Å²) in [5.41, 5.74) is 0.758. The summed E-state index contributed by atoms with van der Waals surface area (Å²) >= 11 is 0. The molecule has 0 radical (unpaired) electrons. The number of hydrogen-bond donors (Lipinski definition) is 1. The van der Waals surface area contributed by atoms with E-state index in [9.17, 15) is 21.6 Å². The highest BCUT2D eigenvalue weighted by Crippen LogP contribution is 2.29. The molecule has 1 aliphatic heterocycles. The van der Waals surface area contributed by atoms with Crippen LogP contribution in [0.3, 0.4) is 0 Å². The van der Waals surface area contributed by atoms with Crippen LogP contribution in [0.1, 0.15) is 15.9 Å². The number of amides is 1. The van der Waals surface area contributed by atoms with E-state index in [1.54, 1.807) is 13.0 Å². The maximum atomic E-state index is 13.1. The predicted molar refractivity (Wildman–Crippen MR) is 123 cm³/mol. The van der Waals surface area contributed by atoms with E-state index in [0.29, 0.717) is 18.8 Å². The van der Waals surface area contributed by atoms with Crippen LogP contribution in [0.4, 0.5) is 5.69 Å². The molecule has 0 aliphatic carbocycles. The second-order valence-corrected chi connectivity index (χ2v) is 11.7. The van der Waals surface area contributed by atoms with Crippen LogP contribution in [0.15, 0.2) is 46.2 Å². The zero-order valence-corrected chi connectivity index (χ0v) is 20.5. The van der Waals surface area contributed by atoms with Gasteiger partial charge in [0.2, 0.25) is 20.0 Å². The fourth-order valence-corrected chi connectivity index (χ4v) is 5.88. The predicted octanol–water partition coefficient (Wildman–Crippen LogP) is 1.53. The number of carbonyl (C=O) groups is 1. The van der Waals surface area contributed by atoms with Crippen molar-refractivity contribution in [3.63, 3.8) is 0 Å². The summed E-state index contributed by atoms with van der Waals surface area (Å²) in [6.07, 6.45) is 0. The van der Waals surface area contributed by atoms with Gasteiger partial charge < -0.3 is 14.8 Å². The van der Waals surface area contributed by atoms with Crippen molar-refractivity contribution in [3.05, 3.63) is 47.5 Å². The van der Waals surface area contributed by atoms with E-state index >= 15 is 0 Å². The third kappa shape index (κ3) is 5.20. The van der Waals surface area contributed by atoms with E-state index in [0.717, 1.165) is 4.31 Å². The number of carbonyl (C=O) groups excluding carboxylic acids is 1. The lowest BCUT2D eigenvalue weighted by Crippen LogP contribution is -2.40. The summed E-state index contributed by atoms with van der Waals surface area (Å²) < 4.78 is 64.0. The lowest BCUT2D eigenvalue weighted by Gasteiger charge is -2.26. The first-order valence-corrected chi connectivity index (χ1v) is 13.0. The van der Waals surface area contributed by atoms with Gasteiger partial charge in [0.15, 0.2) is 0 Å². The number of methoxy groups -OCH3 is 1. The Morgan fingerprint density at radius 3 is 2.33 bits per heavy atom. The van der Waals surface area contributed by atoms with Gasteiger partial charge in [-0.15, -0.1) is 0 Å². The summed E-state index contributed by atoms with van der Waals surface area (Å²) in [7, 11) is -3.34. The molecule has 2 aromatic carbocycles. The molecule has 0 bridgehead atoms. The number of hydrogen-bond acceptors (Lipinski definition) is 7. The normalized spacial score (nSPS) is 15.4. The first-order chi connectivity index (χ1) is 15.5. The van der Waals surface area contributed by atoms with Gasteiger partial charge in [0.05, 0.1) is 35.8 Å². The number of benzene rings is 2. The summed E-state index contributed by atoms with van der Waals surface area (Å²) in [5.74, 6) is -0.347. The first kappa shape index (κ1) is 25.1. The van der Waals surface area contributed by atoms with Crippen molar-refractivity contribution in [2.24, 2.45) is 0 Å². The van der Waals surface area contributed by atoms with Crippen molar-refractivity contribution in [2.45, 2.75) is 16.7 Å². The van der Waals surface area contributed by atoms with Crippen LogP contribution < -0.4 is 10.1 Å². The molecule has 12 heteroatoms. The number of morpholine rings is 1. The average molecular weight is 498 g/mol. The Hall–Kier alpha value is -2.51. The van der Waals surface area contributed by atoms with Gasteiger partial charge >= 0.3 is 0 Å². The molecule has 0 aromatic heterocycles. The van der Waals surface area contributed by atoms with Crippen LogP contribution in [-0.2, 0) is 24.8 Å². The molecular weight excluding hydrogens is 470 g/mol. The molecule has 2 aromatic rings. The van der Waals surface area contributed by atoms with E-state index in [1.165, 1.54) is 55.8 Å². The molecule has 10 nitrogen and oxygen atoms in total. The number of aryl methyl sites for hydroxylation is 1. The van der Waals surface area contributed by atoms with Crippen molar-refractivity contribution >= 4 is 31.6 Å². The molecular formula is C21H27N3O7S2. The quantitative estimate of drug-likeness (QED) is 0.615. The van der Waals surface area contributed by atoms with Gasteiger partial charge in [-0.1, -0.05) is 6.07 Å². The molecule has 0 saturated carbocycles. The lowest BCUT2D eigenvalue weighted by molar-refractivity contribution is 0.0730. The zero-order valence-electron chi connectivity index (χ0n) is 18.9. The Morgan fingerprint density at radius 2 is 1.73 bits per heavy atom. The van der Waals surface area contributed by atoms with Crippen LogP contribution >= 0.6 is 0 Å². The van der Waals surface area contributed by atoms with Crippen LogP contribution in [0.25, 0.3) is 0 Å². The maximum Gasteiger partial charge on any atom is 0.255 e. The Kier molecular flexibility index (Phi) is 7.44. The molecule has 180 valence electrons. The summed E-state index contributed by atoms with van der Waals surface area (Å²) in [6, 6.07) is 8.51. The van der Waals surface area contributed by atoms with Crippen LogP contribution in [0, 0.1) is 6.92 Å². The Bertz CT molecular complexity index is 1250. The molecule has 33 heavy (non-hydrogen) atoms. The fraction of sp³-hybridized carbons (Fsp3) is 0.381. The molecule has 1 N–H and O–H groups in total. The standard InChI is InChI=1S/C21H27N3O7S2/c1-15-5-6-16(13-20(15)33(28,29)24-9-11-31-12-10-24)21(25)22-18-14-17(7-8-19(18)30-4)32(26,27)23(2)3/h5-8,13-14H,9-12H2,1-4H3,(H,22,25). The van der Waals surface area contributed by atoms with Crippen molar-refractivity contribution in [1.29, 1.82) is 0 Å². The third-order valence-corrected chi connectivity index (χ3v) is 9.09. The molecule has 1 heterocycles. The minimum atomic E-state index is -3.81. The van der Waals surface area contributed by atoms with E-state index in [2.05, 4.69) is 5.32 Å². The fourth-order valence-electron chi connectivity index (χ4n) is 3.30. The van der Waals surface area contributed by atoms with Gasteiger partial charge in [0.25, 0.3) is 5.91 Å². The topological polar surface area (TPSA) is 122 Å². The molecule has 1 amide bonds. The van der Waals surface area contributed by atoms with Crippen molar-refractivity contribution < 1.29 is 31.1 Å². The Balaban J connectivity index is 1.95. The number of sulfonamides is 2. The van der Waals surface area contributed by atoms with Gasteiger partial charge in [-0.3, -0.25) is 4.79 Å². The monoisotopic (exact) mass is 497 g/mol. The van der Waals surface area contributed by atoms with Gasteiger partial charge in [0.1, 0.15) is 5.75 Å². The number of nitrogens with one attached hydrogen (secondary N) is 1. The van der Waals surface area contributed by atoms with Gasteiger partial charge in [-0.25, -0.2) is 21.1 Å². The summed E-state index contributed by atoms with van der Waals surface area (Å²) in [5, 5.41) is 2.63. The molecule has 1 fully saturated rings. The van der Waals surface area contributed by atoms with Gasteiger partial charge in [-0.05, 0) is 42.8 Å². The second kappa shape index (κ2) is 9.77. The van der Waals surface area contributed by atoms with Crippen molar-refractivity contribution in [3.8, 4) is 5.75 Å². The lowest BCUT2D eigenvalue weighted by atomic mass is 10.1. The van der Waals surface area contributed by atoms with Crippen LogP contribution in [0.5, 0.6) is 5.75 Å². The number of rotatable bonds is 7. The molecule has 0 unspecified atom stereocenters. The van der Waals surface area contributed by atoms with Crippen molar-refractivity contribution in [2.75, 3.05) is 52.8 Å². The maximum absolute atomic E-state index is 13.1. The second-order valence-electron chi connectivity index (χ2n) is 7.60. The Labute approximate surface area is 194 Å². The van der Waals surface area contributed by atoms with Gasteiger partial charge in [-0.2, -0.15) is 4.31 Å². The molecule has 1 saturated heterocycles. The molecule has 0 atom stereocenters. The minimum absolute atomic E-state index is 0.0249. The van der Waals surface area contributed by atoms with Crippen LogP contribution in [0.2, 0.25) is 0 Å². The molecule has 1 aliphatic rings. The molecule has 0 spiro atoms. The van der Waals surface area contributed by atoms with E-state index in [4.69, 9.17) is 9.47 Å². The molecule has 3 rings (SSSR count). The SMILES string of the molecule is COc1ccc(S(=O)(=O)N(C)C)cc1NC(=O)c1ccc(C)c(S(=O)(=O)N2CCOCC2)c1. The highest BCUT2D eigenvalue weighted by Gasteiger charge is 2.28. The largest absolute Gasteiger partial charge is 0.495 e. The number of ether oxygens (including phenoxy) is 2. The van der Waals surface area contributed by atoms with Crippen LogP contribution in [-0.4, -0.2) is 78.9 Å². The highest BCUT2D eigenvalue weighted by atomic mass is 32.2. The van der Waals surface area contributed by atoms with Crippen molar-refractivity contribution in [1.82, 2.24) is 8.61 Å². The summed E-state index contributed by atoms with van der Waals surface area (Å²) in [6.45, 7) is 2.76. The summed E-state index contributed by atoms with van der Waals surface area (Å²) in [4.78, 5) is 13.0. The third-order valence-electron chi connectivity index (χ3n) is 5.24. The number of anilines is 1. The minimum Gasteiger partial charge on any atom is -0.495 e. The Morgan fingerprint density at radius 1 is 1.06 bits per heavy atom. The highest BCUT2D eigenvalue weighted by molar-refractivity contribution is 7.89.